The van der Waals surface area contributed by atoms with E-state index in [1.165, 1.54) is 12.8 Å². The Labute approximate surface area is 107 Å². The molecule has 0 radical (unpaired) electrons. The van der Waals surface area contributed by atoms with E-state index in [2.05, 4.69) is 36.4 Å². The summed E-state index contributed by atoms with van der Waals surface area (Å²) in [6.07, 6.45) is 5.12. The zero-order valence-electron chi connectivity index (χ0n) is 9.21. The second kappa shape index (κ2) is 4.56. The molecule has 90 valence electrons. The normalized spacial score (nSPS) is 15.4. The first-order chi connectivity index (χ1) is 8.35. The second-order valence-corrected chi connectivity index (χ2v) is 4.96. The van der Waals surface area contributed by atoms with E-state index in [0.29, 0.717) is 18.3 Å². The van der Waals surface area contributed by atoms with Crippen molar-refractivity contribution in [2.45, 2.75) is 31.7 Å². The number of hydrogen-bond acceptors (Lipinski definition) is 5. The van der Waals surface area contributed by atoms with Gasteiger partial charge in [0, 0.05) is 23.9 Å². The Morgan fingerprint density at radius 1 is 1.47 bits per heavy atom. The predicted molar refractivity (Wildman–Crippen MR) is 62.9 cm³/mol. The van der Waals surface area contributed by atoms with E-state index in [1.54, 1.807) is 4.68 Å². The number of nitrogens with zero attached hydrogens (tertiary/aromatic N) is 5. The van der Waals surface area contributed by atoms with Crippen LogP contribution in [0.2, 0.25) is 0 Å². The quantitative estimate of drug-likeness (QED) is 0.783. The first-order valence-electron chi connectivity index (χ1n) is 5.62. The molecule has 1 aliphatic carbocycles. The maximum Gasteiger partial charge on any atom is 0.229 e. The van der Waals surface area contributed by atoms with Gasteiger partial charge in [0.05, 0.1) is 5.69 Å². The highest BCUT2D eigenvalue weighted by Gasteiger charge is 2.29. The Bertz CT molecular complexity index is 504. The van der Waals surface area contributed by atoms with Crippen LogP contribution in [0.1, 0.15) is 36.2 Å². The summed E-state index contributed by atoms with van der Waals surface area (Å²) in [4.78, 5) is 4.35. The lowest BCUT2D eigenvalue weighted by Crippen LogP contribution is -2.02. The average molecular weight is 298 g/mol. The van der Waals surface area contributed by atoms with Gasteiger partial charge in [-0.2, -0.15) is 4.98 Å². The summed E-state index contributed by atoms with van der Waals surface area (Å²) in [6, 6.07) is 0. The van der Waals surface area contributed by atoms with Crippen molar-refractivity contribution in [3.63, 3.8) is 0 Å². The highest BCUT2D eigenvalue weighted by Crippen LogP contribution is 2.38. The van der Waals surface area contributed by atoms with Crippen LogP contribution in [-0.2, 0) is 13.0 Å². The summed E-state index contributed by atoms with van der Waals surface area (Å²) in [5, 5.41) is 12.9. The molecule has 1 fully saturated rings. The van der Waals surface area contributed by atoms with Crippen LogP contribution in [-0.4, -0.2) is 30.5 Å². The Morgan fingerprint density at radius 3 is 3.12 bits per heavy atom. The third-order valence-corrected chi connectivity index (χ3v) is 3.05. The minimum absolute atomic E-state index is 0.496. The van der Waals surface area contributed by atoms with E-state index >= 15 is 0 Å². The van der Waals surface area contributed by atoms with Crippen LogP contribution in [0.4, 0.5) is 0 Å². The molecule has 2 aromatic heterocycles. The minimum atomic E-state index is 0.496. The molecule has 0 bridgehead atoms. The first-order valence-corrected chi connectivity index (χ1v) is 6.75. The van der Waals surface area contributed by atoms with Crippen molar-refractivity contribution in [3.05, 3.63) is 23.6 Å². The molecular weight excluding hydrogens is 286 g/mol. The van der Waals surface area contributed by atoms with E-state index in [4.69, 9.17) is 4.52 Å². The molecule has 3 rings (SSSR count). The number of rotatable bonds is 5. The molecule has 2 heterocycles. The van der Waals surface area contributed by atoms with Crippen LogP contribution in [0.5, 0.6) is 0 Å². The minimum Gasteiger partial charge on any atom is -0.339 e. The maximum atomic E-state index is 5.18. The molecule has 0 saturated heterocycles. The summed E-state index contributed by atoms with van der Waals surface area (Å²) < 4.78 is 6.92. The van der Waals surface area contributed by atoms with Gasteiger partial charge in [0.25, 0.3) is 0 Å². The number of hydrogen-bond donors (Lipinski definition) is 0. The fraction of sp³-hybridized carbons (Fsp3) is 0.600. The largest absolute Gasteiger partial charge is 0.339 e. The van der Waals surface area contributed by atoms with Crippen LogP contribution in [0, 0.1) is 0 Å². The molecule has 0 amide bonds. The third-order valence-electron chi connectivity index (χ3n) is 2.65. The SMILES string of the molecule is BrCCc1cn(Cc2noc(C3CC3)n2)nn1. The molecule has 0 aromatic carbocycles. The molecular formula is C10H12BrN5O. The van der Waals surface area contributed by atoms with Crippen LogP contribution in [0.3, 0.4) is 0 Å². The molecule has 17 heavy (non-hydrogen) atoms. The highest BCUT2D eigenvalue weighted by atomic mass is 79.9. The van der Waals surface area contributed by atoms with Gasteiger partial charge in [-0.1, -0.05) is 26.3 Å². The summed E-state index contributed by atoms with van der Waals surface area (Å²) >= 11 is 3.37. The molecule has 0 unspecified atom stereocenters. The lowest BCUT2D eigenvalue weighted by atomic mass is 10.4. The van der Waals surface area contributed by atoms with Crippen LogP contribution in [0.25, 0.3) is 0 Å². The number of halogens is 1. The monoisotopic (exact) mass is 297 g/mol. The van der Waals surface area contributed by atoms with Gasteiger partial charge in [-0.25, -0.2) is 4.68 Å². The Balaban J connectivity index is 1.67. The van der Waals surface area contributed by atoms with E-state index in [-0.39, 0.29) is 0 Å². The van der Waals surface area contributed by atoms with Crippen molar-refractivity contribution < 1.29 is 4.52 Å². The molecule has 0 N–H and O–H groups in total. The van der Waals surface area contributed by atoms with Gasteiger partial charge in [0.2, 0.25) is 5.89 Å². The second-order valence-electron chi connectivity index (χ2n) is 4.17. The van der Waals surface area contributed by atoms with E-state index < -0.39 is 0 Å². The first kappa shape index (κ1) is 10.9. The molecule has 0 aliphatic heterocycles. The molecule has 0 atom stereocenters. The van der Waals surface area contributed by atoms with Crippen molar-refractivity contribution in [1.29, 1.82) is 0 Å². The van der Waals surface area contributed by atoms with Crippen molar-refractivity contribution >= 4 is 15.9 Å². The Morgan fingerprint density at radius 2 is 2.35 bits per heavy atom. The summed E-state index contributed by atoms with van der Waals surface area (Å²) in [7, 11) is 0. The predicted octanol–water partition coefficient (Wildman–Crippen LogP) is 1.52. The summed E-state index contributed by atoms with van der Waals surface area (Å²) in [5.74, 6) is 1.93. The van der Waals surface area contributed by atoms with Crippen molar-refractivity contribution in [2.24, 2.45) is 0 Å². The van der Waals surface area contributed by atoms with Gasteiger partial charge in [0.1, 0.15) is 6.54 Å². The van der Waals surface area contributed by atoms with Gasteiger partial charge < -0.3 is 4.52 Å². The van der Waals surface area contributed by atoms with E-state index in [9.17, 15) is 0 Å². The lowest BCUT2D eigenvalue weighted by molar-refractivity contribution is 0.372. The third kappa shape index (κ3) is 2.54. The highest BCUT2D eigenvalue weighted by molar-refractivity contribution is 9.09. The Kier molecular flexibility index (Phi) is 2.92. The van der Waals surface area contributed by atoms with Crippen molar-refractivity contribution in [2.75, 3.05) is 5.33 Å². The molecule has 0 spiro atoms. The summed E-state index contributed by atoms with van der Waals surface area (Å²) in [5.41, 5.74) is 0.966. The standard InChI is InChI=1S/C10H12BrN5O/c11-4-3-8-5-16(15-13-8)6-9-12-10(17-14-9)7-1-2-7/h5,7H,1-4,6H2. The average Bonchev–Trinajstić information content (AvgIpc) is 2.92. The van der Waals surface area contributed by atoms with Gasteiger partial charge >= 0.3 is 0 Å². The molecule has 1 aliphatic rings. The van der Waals surface area contributed by atoms with Gasteiger partial charge in [-0.3, -0.25) is 0 Å². The zero-order chi connectivity index (χ0) is 11.7. The maximum absolute atomic E-state index is 5.18. The number of aryl methyl sites for hydroxylation is 1. The van der Waals surface area contributed by atoms with Crippen LogP contribution < -0.4 is 0 Å². The summed E-state index contributed by atoms with van der Waals surface area (Å²) in [6.45, 7) is 0.519. The smallest absolute Gasteiger partial charge is 0.229 e. The lowest BCUT2D eigenvalue weighted by Gasteiger charge is -1.92. The Hall–Kier alpha value is -1.24. The fourth-order valence-corrected chi connectivity index (χ4v) is 2.01. The van der Waals surface area contributed by atoms with E-state index in [1.807, 2.05) is 6.20 Å². The number of alkyl halides is 1. The van der Waals surface area contributed by atoms with Gasteiger partial charge in [-0.15, -0.1) is 5.10 Å². The molecule has 7 heteroatoms. The molecule has 2 aromatic rings. The fourth-order valence-electron chi connectivity index (χ4n) is 1.60. The topological polar surface area (TPSA) is 69.6 Å². The van der Waals surface area contributed by atoms with Gasteiger partial charge in [0.15, 0.2) is 5.82 Å². The molecule has 6 nitrogen and oxygen atoms in total. The van der Waals surface area contributed by atoms with E-state index in [0.717, 1.165) is 23.3 Å². The van der Waals surface area contributed by atoms with Crippen molar-refractivity contribution in [1.82, 2.24) is 25.1 Å². The van der Waals surface area contributed by atoms with Crippen LogP contribution in [0.15, 0.2) is 10.7 Å². The zero-order valence-corrected chi connectivity index (χ0v) is 10.8. The van der Waals surface area contributed by atoms with Crippen LogP contribution >= 0.6 is 15.9 Å². The molecule has 1 saturated carbocycles. The van der Waals surface area contributed by atoms with Crippen molar-refractivity contribution in [3.8, 4) is 0 Å². The number of aromatic nitrogens is 5. The van der Waals surface area contributed by atoms with Gasteiger partial charge in [-0.05, 0) is 12.8 Å².